The van der Waals surface area contributed by atoms with Crippen LogP contribution in [0.25, 0.3) is 0 Å². The first-order valence-corrected chi connectivity index (χ1v) is 11.3. The lowest BCUT2D eigenvalue weighted by Crippen LogP contribution is -2.44. The zero-order valence-electron chi connectivity index (χ0n) is 19.3. The molecule has 2 heterocycles. The van der Waals surface area contributed by atoms with Crippen molar-refractivity contribution in [1.29, 1.82) is 0 Å². The summed E-state index contributed by atoms with van der Waals surface area (Å²) in [5.74, 6) is -0.603. The Morgan fingerprint density at radius 2 is 1.97 bits per heavy atom. The van der Waals surface area contributed by atoms with Gasteiger partial charge < -0.3 is 24.7 Å². The van der Waals surface area contributed by atoms with Crippen molar-refractivity contribution < 1.29 is 23.9 Å². The van der Waals surface area contributed by atoms with E-state index in [1.165, 1.54) is 16.8 Å². The molecule has 1 aliphatic heterocycles. The lowest BCUT2D eigenvalue weighted by atomic mass is 9.98. The number of hydrogen-bond acceptors (Lipinski definition) is 6. The maximum atomic E-state index is 13.2. The molecule has 1 saturated carbocycles. The highest BCUT2D eigenvalue weighted by atomic mass is 16.6. The van der Waals surface area contributed by atoms with Gasteiger partial charge in [0.15, 0.2) is 0 Å². The van der Waals surface area contributed by atoms with E-state index in [0.717, 1.165) is 12.8 Å². The maximum absolute atomic E-state index is 13.2. The predicted molar refractivity (Wildman–Crippen MR) is 121 cm³/mol. The van der Waals surface area contributed by atoms with Gasteiger partial charge in [0.05, 0.1) is 6.04 Å². The van der Waals surface area contributed by atoms with Crippen LogP contribution in [0.15, 0.2) is 23.1 Å². The van der Waals surface area contributed by atoms with E-state index in [1.807, 2.05) is 0 Å². The molecule has 0 aromatic carbocycles. The summed E-state index contributed by atoms with van der Waals surface area (Å²) in [4.78, 5) is 61.8. The quantitative estimate of drug-likeness (QED) is 0.481. The number of rotatable bonds is 9. The Balaban J connectivity index is 1.77. The summed E-state index contributed by atoms with van der Waals surface area (Å²) in [5.41, 5.74) is -1.27. The Bertz CT molecular complexity index is 962. The second kappa shape index (κ2) is 10.2. The Hall–Kier alpha value is -3.17. The summed E-state index contributed by atoms with van der Waals surface area (Å²) in [7, 11) is 0. The summed E-state index contributed by atoms with van der Waals surface area (Å²) >= 11 is 0. The normalized spacial score (nSPS) is 19.8. The molecule has 1 aromatic heterocycles. The van der Waals surface area contributed by atoms with Crippen molar-refractivity contribution >= 4 is 29.9 Å². The minimum absolute atomic E-state index is 0.00471. The summed E-state index contributed by atoms with van der Waals surface area (Å²) in [5, 5.41) is 7.87. The third kappa shape index (κ3) is 6.90. The van der Waals surface area contributed by atoms with Crippen molar-refractivity contribution in [3.8, 4) is 0 Å². The minimum Gasteiger partial charge on any atom is -0.444 e. The fourth-order valence-electron chi connectivity index (χ4n) is 3.88. The van der Waals surface area contributed by atoms with Crippen molar-refractivity contribution in [3.63, 3.8) is 0 Å². The molecule has 3 atom stereocenters. The molecule has 1 aliphatic carbocycles. The van der Waals surface area contributed by atoms with E-state index in [2.05, 4.69) is 16.0 Å². The van der Waals surface area contributed by atoms with E-state index < -0.39 is 35.2 Å². The lowest BCUT2D eigenvalue weighted by Gasteiger charge is -2.23. The van der Waals surface area contributed by atoms with Gasteiger partial charge in [-0.25, -0.2) is 4.79 Å². The van der Waals surface area contributed by atoms with E-state index >= 15 is 0 Å². The number of carbonyl (C=O) groups excluding carboxylic acids is 4. The molecular weight excluding hydrogens is 428 g/mol. The highest BCUT2D eigenvalue weighted by Gasteiger charge is 2.34. The molecule has 0 spiro atoms. The topological polar surface area (TPSA) is 136 Å². The molecule has 33 heavy (non-hydrogen) atoms. The number of nitrogens with one attached hydrogen (secondary N) is 3. The molecule has 3 amide bonds. The molecule has 3 rings (SSSR count). The summed E-state index contributed by atoms with van der Waals surface area (Å²) in [6, 6.07) is 1.35. The van der Waals surface area contributed by atoms with Crippen LogP contribution in [0.5, 0.6) is 0 Å². The van der Waals surface area contributed by atoms with Crippen LogP contribution < -0.4 is 21.5 Å². The van der Waals surface area contributed by atoms with Crippen molar-refractivity contribution in [2.45, 2.75) is 70.6 Å². The van der Waals surface area contributed by atoms with Crippen molar-refractivity contribution in [3.05, 3.63) is 28.7 Å². The van der Waals surface area contributed by atoms with Crippen LogP contribution in [0.3, 0.4) is 0 Å². The molecule has 0 radical (unpaired) electrons. The largest absolute Gasteiger partial charge is 0.444 e. The van der Waals surface area contributed by atoms with E-state index in [1.54, 1.807) is 26.8 Å². The Kier molecular flexibility index (Phi) is 7.55. The van der Waals surface area contributed by atoms with Gasteiger partial charge in [0, 0.05) is 18.7 Å². The predicted octanol–water partition coefficient (Wildman–Crippen LogP) is 1.75. The number of anilines is 1. The van der Waals surface area contributed by atoms with Crippen LogP contribution in [-0.2, 0) is 19.1 Å². The van der Waals surface area contributed by atoms with Gasteiger partial charge in [-0.1, -0.05) is 12.8 Å². The van der Waals surface area contributed by atoms with Gasteiger partial charge in [0.25, 0.3) is 5.56 Å². The van der Waals surface area contributed by atoms with Crippen LogP contribution >= 0.6 is 0 Å². The Labute approximate surface area is 192 Å². The fraction of sp³-hybridized carbons (Fsp3) is 0.609. The zero-order valence-corrected chi connectivity index (χ0v) is 19.3. The summed E-state index contributed by atoms with van der Waals surface area (Å²) < 4.78 is 6.49. The molecular formula is C23H32N4O6. The first-order chi connectivity index (χ1) is 15.6. The van der Waals surface area contributed by atoms with Crippen LogP contribution in [0, 0.1) is 11.8 Å². The SMILES string of the molecule is CC(C)(C)OC(=O)Nc1cccn(C(CC2CC2)C(=O)NC(C=O)CC2CCNC2=O)c1=O. The Morgan fingerprint density at radius 1 is 1.24 bits per heavy atom. The average molecular weight is 461 g/mol. The zero-order chi connectivity index (χ0) is 24.2. The number of nitrogens with zero attached hydrogens (tertiary/aromatic N) is 1. The minimum atomic E-state index is -0.842. The van der Waals surface area contributed by atoms with Gasteiger partial charge in [-0.2, -0.15) is 0 Å². The van der Waals surface area contributed by atoms with E-state index in [9.17, 15) is 24.0 Å². The number of amides is 3. The third-order valence-electron chi connectivity index (χ3n) is 5.70. The molecule has 1 saturated heterocycles. The fourth-order valence-corrected chi connectivity index (χ4v) is 3.88. The molecule has 2 aliphatic rings. The smallest absolute Gasteiger partial charge is 0.412 e. The van der Waals surface area contributed by atoms with Gasteiger partial charge in [0.1, 0.15) is 23.6 Å². The Morgan fingerprint density at radius 3 is 2.55 bits per heavy atom. The van der Waals surface area contributed by atoms with Gasteiger partial charge in [-0.05, 0) is 58.1 Å². The molecule has 10 heteroatoms. The molecule has 3 N–H and O–H groups in total. The molecule has 3 unspecified atom stereocenters. The number of aldehydes is 1. The lowest BCUT2D eigenvalue weighted by molar-refractivity contribution is -0.128. The summed E-state index contributed by atoms with van der Waals surface area (Å²) in [6.45, 7) is 5.69. The van der Waals surface area contributed by atoms with Gasteiger partial charge >= 0.3 is 6.09 Å². The first kappa shape index (κ1) is 24.5. The highest BCUT2D eigenvalue weighted by Crippen LogP contribution is 2.36. The monoisotopic (exact) mass is 460 g/mol. The average Bonchev–Trinajstić information content (AvgIpc) is 3.46. The number of carbonyl (C=O) groups is 4. The highest BCUT2D eigenvalue weighted by molar-refractivity contribution is 5.86. The van der Waals surface area contributed by atoms with Crippen LogP contribution in [0.4, 0.5) is 10.5 Å². The second-order valence-corrected chi connectivity index (χ2v) is 9.72. The summed E-state index contributed by atoms with van der Waals surface area (Å²) in [6.07, 6.45) is 4.56. The number of aromatic nitrogens is 1. The molecule has 180 valence electrons. The maximum Gasteiger partial charge on any atom is 0.412 e. The van der Waals surface area contributed by atoms with E-state index in [-0.39, 0.29) is 23.9 Å². The van der Waals surface area contributed by atoms with Gasteiger partial charge in [0.2, 0.25) is 11.8 Å². The van der Waals surface area contributed by atoms with Crippen molar-refractivity contribution in [2.24, 2.45) is 11.8 Å². The standard InChI is InChI=1S/C23H32N4O6/c1-23(2,3)33-22(32)26-17-5-4-10-27(21(17)31)18(11-14-6-7-14)20(30)25-16(13-28)12-15-8-9-24-19(15)29/h4-5,10,13-16,18H,6-9,11-12H2,1-3H3,(H,24,29)(H,25,30)(H,26,32). The van der Waals surface area contributed by atoms with Gasteiger partial charge in [-0.3, -0.25) is 19.7 Å². The van der Waals surface area contributed by atoms with Crippen molar-refractivity contribution in [2.75, 3.05) is 11.9 Å². The van der Waals surface area contributed by atoms with Crippen LogP contribution in [-0.4, -0.2) is 46.9 Å². The number of pyridine rings is 1. The molecule has 2 fully saturated rings. The van der Waals surface area contributed by atoms with Gasteiger partial charge in [-0.15, -0.1) is 0 Å². The second-order valence-electron chi connectivity index (χ2n) is 9.72. The van der Waals surface area contributed by atoms with Crippen molar-refractivity contribution in [1.82, 2.24) is 15.2 Å². The number of hydrogen-bond donors (Lipinski definition) is 3. The first-order valence-electron chi connectivity index (χ1n) is 11.3. The molecule has 1 aromatic rings. The number of ether oxygens (including phenoxy) is 1. The molecule has 0 bridgehead atoms. The van der Waals surface area contributed by atoms with E-state index in [4.69, 9.17) is 4.74 Å². The van der Waals surface area contributed by atoms with Crippen LogP contribution in [0.2, 0.25) is 0 Å². The van der Waals surface area contributed by atoms with E-state index in [0.29, 0.717) is 31.6 Å². The van der Waals surface area contributed by atoms with Crippen LogP contribution in [0.1, 0.15) is 58.9 Å². The molecule has 10 nitrogen and oxygen atoms in total. The third-order valence-corrected chi connectivity index (χ3v) is 5.70.